The molecule has 1 aliphatic carbocycles. The van der Waals surface area contributed by atoms with Gasteiger partial charge in [0.25, 0.3) is 0 Å². The molecule has 1 rings (SSSR count). The van der Waals surface area contributed by atoms with E-state index >= 15 is 0 Å². The highest BCUT2D eigenvalue weighted by Gasteiger charge is 2.40. The lowest BCUT2D eigenvalue weighted by Gasteiger charge is -2.12. The Morgan fingerprint density at radius 2 is 2.23 bits per heavy atom. The van der Waals surface area contributed by atoms with E-state index in [-0.39, 0.29) is 5.91 Å². The molecule has 0 aliphatic heterocycles. The van der Waals surface area contributed by atoms with Gasteiger partial charge in [-0.3, -0.25) is 4.79 Å². The SMILES string of the molecule is CCC1(CNC(=O)CCCN)CC1. The number of rotatable bonds is 6. The number of nitrogens with one attached hydrogen (secondary N) is 1. The van der Waals surface area contributed by atoms with E-state index in [4.69, 9.17) is 5.73 Å². The monoisotopic (exact) mass is 184 g/mol. The molecule has 1 amide bonds. The largest absolute Gasteiger partial charge is 0.356 e. The van der Waals surface area contributed by atoms with Crippen molar-refractivity contribution in [1.82, 2.24) is 5.32 Å². The van der Waals surface area contributed by atoms with Crippen molar-refractivity contribution in [3.8, 4) is 0 Å². The van der Waals surface area contributed by atoms with Crippen molar-refractivity contribution in [3.05, 3.63) is 0 Å². The van der Waals surface area contributed by atoms with Crippen LogP contribution in [0.1, 0.15) is 39.0 Å². The van der Waals surface area contributed by atoms with Crippen LogP contribution < -0.4 is 11.1 Å². The highest BCUT2D eigenvalue weighted by Crippen LogP contribution is 2.47. The molecule has 1 fully saturated rings. The van der Waals surface area contributed by atoms with E-state index in [0.29, 0.717) is 18.4 Å². The molecule has 0 saturated heterocycles. The number of carbonyl (C=O) groups is 1. The van der Waals surface area contributed by atoms with Gasteiger partial charge in [-0.15, -0.1) is 0 Å². The molecule has 0 aromatic carbocycles. The van der Waals surface area contributed by atoms with Crippen LogP contribution >= 0.6 is 0 Å². The van der Waals surface area contributed by atoms with Gasteiger partial charge in [-0.2, -0.15) is 0 Å². The molecule has 0 aromatic heterocycles. The van der Waals surface area contributed by atoms with Crippen molar-refractivity contribution >= 4 is 5.91 Å². The van der Waals surface area contributed by atoms with Gasteiger partial charge in [-0.05, 0) is 37.6 Å². The maximum Gasteiger partial charge on any atom is 0.220 e. The Morgan fingerprint density at radius 3 is 2.69 bits per heavy atom. The fourth-order valence-corrected chi connectivity index (χ4v) is 1.47. The van der Waals surface area contributed by atoms with Crippen molar-refractivity contribution in [2.75, 3.05) is 13.1 Å². The van der Waals surface area contributed by atoms with Gasteiger partial charge in [0.15, 0.2) is 0 Å². The lowest BCUT2D eigenvalue weighted by atomic mass is 10.0. The van der Waals surface area contributed by atoms with Crippen LogP contribution in [-0.2, 0) is 4.79 Å². The number of hydrogen-bond donors (Lipinski definition) is 2. The summed E-state index contributed by atoms with van der Waals surface area (Å²) in [6.07, 6.45) is 5.12. The van der Waals surface area contributed by atoms with Crippen molar-refractivity contribution in [3.63, 3.8) is 0 Å². The molecule has 0 radical (unpaired) electrons. The van der Waals surface area contributed by atoms with Crippen molar-refractivity contribution in [1.29, 1.82) is 0 Å². The highest BCUT2D eigenvalue weighted by atomic mass is 16.1. The predicted molar refractivity (Wildman–Crippen MR) is 53.3 cm³/mol. The first-order valence-corrected chi connectivity index (χ1v) is 5.19. The summed E-state index contributed by atoms with van der Waals surface area (Å²) < 4.78 is 0. The highest BCUT2D eigenvalue weighted by molar-refractivity contribution is 5.75. The minimum Gasteiger partial charge on any atom is -0.356 e. The number of amides is 1. The van der Waals surface area contributed by atoms with Crippen LogP contribution in [0.2, 0.25) is 0 Å². The van der Waals surface area contributed by atoms with Crippen LogP contribution in [0.25, 0.3) is 0 Å². The summed E-state index contributed by atoms with van der Waals surface area (Å²) in [5.74, 6) is 0.158. The van der Waals surface area contributed by atoms with Crippen molar-refractivity contribution < 1.29 is 4.79 Å². The van der Waals surface area contributed by atoms with Gasteiger partial charge in [0.1, 0.15) is 0 Å². The second kappa shape index (κ2) is 4.61. The van der Waals surface area contributed by atoms with Gasteiger partial charge in [0.2, 0.25) is 5.91 Å². The molecule has 13 heavy (non-hydrogen) atoms. The average Bonchev–Trinajstić information content (AvgIpc) is 2.92. The Kier molecular flexibility index (Phi) is 3.72. The van der Waals surface area contributed by atoms with Crippen molar-refractivity contribution in [2.45, 2.75) is 39.0 Å². The summed E-state index contributed by atoms with van der Waals surface area (Å²) in [5, 5.41) is 2.98. The van der Waals surface area contributed by atoms with Gasteiger partial charge in [-0.25, -0.2) is 0 Å². The molecule has 0 unspecified atom stereocenters. The summed E-state index contributed by atoms with van der Waals surface area (Å²) in [6.45, 7) is 3.66. The predicted octanol–water partition coefficient (Wildman–Crippen LogP) is 1.03. The first kappa shape index (κ1) is 10.5. The third-order valence-electron chi connectivity index (χ3n) is 2.98. The molecular weight excluding hydrogens is 164 g/mol. The first-order valence-electron chi connectivity index (χ1n) is 5.19. The van der Waals surface area contributed by atoms with E-state index < -0.39 is 0 Å². The standard InChI is InChI=1S/C10H20N2O/c1-2-10(5-6-10)8-12-9(13)4-3-7-11/h2-8,11H2,1H3,(H,12,13). The lowest BCUT2D eigenvalue weighted by Crippen LogP contribution is -2.30. The molecular formula is C10H20N2O. The Bertz CT molecular complexity index is 176. The lowest BCUT2D eigenvalue weighted by molar-refractivity contribution is -0.121. The minimum absolute atomic E-state index is 0.158. The Balaban J connectivity index is 2.08. The maximum absolute atomic E-state index is 11.2. The smallest absolute Gasteiger partial charge is 0.220 e. The quantitative estimate of drug-likeness (QED) is 0.648. The van der Waals surface area contributed by atoms with E-state index in [2.05, 4.69) is 12.2 Å². The van der Waals surface area contributed by atoms with Crippen molar-refractivity contribution in [2.24, 2.45) is 11.1 Å². The van der Waals surface area contributed by atoms with Crippen LogP contribution in [0.3, 0.4) is 0 Å². The van der Waals surface area contributed by atoms with E-state index in [1.807, 2.05) is 0 Å². The second-order valence-electron chi connectivity index (χ2n) is 4.02. The molecule has 3 nitrogen and oxygen atoms in total. The van der Waals surface area contributed by atoms with Gasteiger partial charge in [-0.1, -0.05) is 6.92 Å². The molecule has 76 valence electrons. The topological polar surface area (TPSA) is 55.1 Å². The van der Waals surface area contributed by atoms with Gasteiger partial charge < -0.3 is 11.1 Å². The number of carbonyl (C=O) groups excluding carboxylic acids is 1. The van der Waals surface area contributed by atoms with E-state index in [1.165, 1.54) is 19.3 Å². The second-order valence-corrected chi connectivity index (χ2v) is 4.02. The Morgan fingerprint density at radius 1 is 1.54 bits per heavy atom. The molecule has 0 aromatic rings. The summed E-state index contributed by atoms with van der Waals surface area (Å²) in [4.78, 5) is 11.2. The van der Waals surface area contributed by atoms with Gasteiger partial charge >= 0.3 is 0 Å². The first-order chi connectivity index (χ1) is 6.22. The van der Waals surface area contributed by atoms with Crippen LogP contribution in [0.15, 0.2) is 0 Å². The summed E-state index contributed by atoms with van der Waals surface area (Å²) in [6, 6.07) is 0. The fraction of sp³-hybridized carbons (Fsp3) is 0.900. The van der Waals surface area contributed by atoms with E-state index in [9.17, 15) is 4.79 Å². The summed E-state index contributed by atoms with van der Waals surface area (Å²) in [7, 11) is 0. The maximum atomic E-state index is 11.2. The number of nitrogens with two attached hydrogens (primary N) is 1. The Labute approximate surface area is 80.1 Å². The van der Waals surface area contributed by atoms with Crippen LogP contribution in [0.5, 0.6) is 0 Å². The molecule has 1 saturated carbocycles. The van der Waals surface area contributed by atoms with Crippen LogP contribution in [-0.4, -0.2) is 19.0 Å². The molecule has 3 N–H and O–H groups in total. The van der Waals surface area contributed by atoms with Crippen LogP contribution in [0.4, 0.5) is 0 Å². The van der Waals surface area contributed by atoms with Crippen LogP contribution in [0, 0.1) is 5.41 Å². The normalized spacial score (nSPS) is 18.3. The Hall–Kier alpha value is -0.570. The molecule has 0 spiro atoms. The van der Waals surface area contributed by atoms with Gasteiger partial charge in [0.05, 0.1) is 0 Å². The molecule has 1 aliphatic rings. The molecule has 3 heteroatoms. The summed E-state index contributed by atoms with van der Waals surface area (Å²) in [5.41, 5.74) is 5.77. The van der Waals surface area contributed by atoms with E-state index in [1.54, 1.807) is 0 Å². The molecule has 0 bridgehead atoms. The van der Waals surface area contributed by atoms with E-state index in [0.717, 1.165) is 13.0 Å². The average molecular weight is 184 g/mol. The summed E-state index contributed by atoms with van der Waals surface area (Å²) >= 11 is 0. The molecule has 0 heterocycles. The van der Waals surface area contributed by atoms with Gasteiger partial charge in [0, 0.05) is 13.0 Å². The third kappa shape index (κ3) is 3.35. The zero-order valence-electron chi connectivity index (χ0n) is 8.44. The third-order valence-corrected chi connectivity index (χ3v) is 2.98. The fourth-order valence-electron chi connectivity index (χ4n) is 1.47. The number of hydrogen-bond acceptors (Lipinski definition) is 2. The zero-order chi connectivity index (χ0) is 9.73. The minimum atomic E-state index is 0.158. The molecule has 0 atom stereocenters. The zero-order valence-corrected chi connectivity index (χ0v) is 8.44.